The summed E-state index contributed by atoms with van der Waals surface area (Å²) < 4.78 is 23.5. The van der Waals surface area contributed by atoms with Crippen molar-refractivity contribution in [1.82, 2.24) is 9.78 Å². The van der Waals surface area contributed by atoms with Crippen molar-refractivity contribution in [2.45, 2.75) is 13.2 Å². The maximum absolute atomic E-state index is 12.6. The van der Waals surface area contributed by atoms with Gasteiger partial charge in [0.25, 0.3) is 5.91 Å². The topological polar surface area (TPSA) is 87.8 Å². The van der Waals surface area contributed by atoms with Crippen LogP contribution in [0.15, 0.2) is 59.1 Å². The van der Waals surface area contributed by atoms with E-state index in [4.69, 9.17) is 53.4 Å². The Kier molecular flexibility index (Phi) is 6.28. The molecule has 1 amide bonds. The quantitative estimate of drug-likeness (QED) is 0.319. The van der Waals surface area contributed by atoms with E-state index in [1.165, 1.54) is 4.68 Å². The zero-order chi connectivity index (χ0) is 23.7. The lowest BCUT2D eigenvalue weighted by Crippen LogP contribution is -2.12. The fourth-order valence-electron chi connectivity index (χ4n) is 3.28. The van der Waals surface area contributed by atoms with Gasteiger partial charge in [0.05, 0.1) is 6.54 Å². The summed E-state index contributed by atoms with van der Waals surface area (Å²) in [5.74, 6) is 2.10. The monoisotopic (exact) mass is 519 g/mol. The molecule has 0 saturated carbocycles. The average molecular weight is 521 g/mol. The Balaban J connectivity index is 1.21. The molecule has 0 bridgehead atoms. The SMILES string of the molecule is O=C(Nc1nn(Cc2c(Cl)cccc2Cl)cc1Cl)c1ccc(COc2ccc3c(c2)OCO3)o1. The smallest absolute Gasteiger partial charge is 0.292 e. The highest BCUT2D eigenvalue weighted by Gasteiger charge is 2.18. The van der Waals surface area contributed by atoms with Gasteiger partial charge in [0.2, 0.25) is 6.79 Å². The van der Waals surface area contributed by atoms with E-state index >= 15 is 0 Å². The van der Waals surface area contributed by atoms with Crippen molar-refractivity contribution in [1.29, 1.82) is 0 Å². The van der Waals surface area contributed by atoms with Crippen LogP contribution < -0.4 is 19.5 Å². The molecule has 34 heavy (non-hydrogen) atoms. The minimum atomic E-state index is -0.503. The third-order valence-corrected chi connectivity index (χ3v) is 5.93. The summed E-state index contributed by atoms with van der Waals surface area (Å²) in [6.07, 6.45) is 1.57. The van der Waals surface area contributed by atoms with E-state index < -0.39 is 5.91 Å². The van der Waals surface area contributed by atoms with Crippen LogP contribution in [0.4, 0.5) is 5.82 Å². The number of fused-ring (bicyclic) bond motifs is 1. The summed E-state index contributed by atoms with van der Waals surface area (Å²) in [6, 6.07) is 13.7. The van der Waals surface area contributed by atoms with Gasteiger partial charge in [-0.15, -0.1) is 0 Å². The molecule has 0 fully saturated rings. The Morgan fingerprint density at radius 1 is 1.03 bits per heavy atom. The first-order valence-electron chi connectivity index (χ1n) is 10.0. The minimum Gasteiger partial charge on any atom is -0.486 e. The zero-order valence-corrected chi connectivity index (χ0v) is 19.7. The van der Waals surface area contributed by atoms with Crippen LogP contribution in [-0.2, 0) is 13.2 Å². The number of hydrogen-bond acceptors (Lipinski definition) is 6. The van der Waals surface area contributed by atoms with E-state index in [0.717, 1.165) is 0 Å². The van der Waals surface area contributed by atoms with E-state index in [0.29, 0.717) is 38.6 Å². The van der Waals surface area contributed by atoms with Crippen LogP contribution in [0.5, 0.6) is 17.2 Å². The third kappa shape index (κ3) is 4.79. The number of amides is 1. The standard InChI is InChI=1S/C23H16Cl3N3O5/c24-16-2-1-3-17(25)15(16)9-29-10-18(26)22(28-29)27-23(30)20-7-5-14(34-20)11-31-13-4-6-19-21(8-13)33-12-32-19/h1-8,10H,9,11-12H2,(H,27,28,30). The summed E-state index contributed by atoms with van der Waals surface area (Å²) in [7, 11) is 0. The molecule has 0 saturated heterocycles. The van der Waals surface area contributed by atoms with Crippen LogP contribution in [0.3, 0.4) is 0 Å². The molecule has 2 aromatic heterocycles. The summed E-state index contributed by atoms with van der Waals surface area (Å²) in [5.41, 5.74) is 0.695. The third-order valence-electron chi connectivity index (χ3n) is 4.94. The van der Waals surface area contributed by atoms with Crippen LogP contribution in [-0.4, -0.2) is 22.5 Å². The van der Waals surface area contributed by atoms with Gasteiger partial charge in [-0.25, -0.2) is 0 Å². The Hall–Kier alpha value is -3.33. The van der Waals surface area contributed by atoms with Crippen molar-refractivity contribution in [3.05, 3.63) is 86.9 Å². The first-order chi connectivity index (χ1) is 16.5. The van der Waals surface area contributed by atoms with Gasteiger partial charge in [-0.2, -0.15) is 5.10 Å². The number of furan rings is 1. The zero-order valence-electron chi connectivity index (χ0n) is 17.4. The predicted octanol–water partition coefficient (Wildman–Crippen LogP) is 6.04. The average Bonchev–Trinajstić information content (AvgIpc) is 3.55. The van der Waals surface area contributed by atoms with E-state index in [9.17, 15) is 4.79 Å². The molecule has 0 unspecified atom stereocenters. The molecule has 0 aliphatic carbocycles. The molecule has 3 heterocycles. The molecule has 1 aliphatic rings. The number of nitrogens with one attached hydrogen (secondary N) is 1. The summed E-state index contributed by atoms with van der Waals surface area (Å²) in [6.45, 7) is 0.600. The number of ether oxygens (including phenoxy) is 3. The van der Waals surface area contributed by atoms with E-state index in [2.05, 4.69) is 10.4 Å². The van der Waals surface area contributed by atoms with Gasteiger partial charge >= 0.3 is 0 Å². The van der Waals surface area contributed by atoms with Gasteiger partial charge in [-0.3, -0.25) is 9.48 Å². The number of hydrogen-bond donors (Lipinski definition) is 1. The maximum Gasteiger partial charge on any atom is 0.292 e. The van der Waals surface area contributed by atoms with Gasteiger partial charge in [0.15, 0.2) is 23.1 Å². The highest BCUT2D eigenvalue weighted by molar-refractivity contribution is 6.36. The molecular formula is C23H16Cl3N3O5. The highest BCUT2D eigenvalue weighted by atomic mass is 35.5. The fourth-order valence-corrected chi connectivity index (χ4v) is 3.99. The molecule has 8 nitrogen and oxygen atoms in total. The molecule has 1 N–H and O–H groups in total. The number of benzene rings is 2. The number of halogens is 3. The molecule has 0 atom stereocenters. The van der Waals surface area contributed by atoms with Crippen molar-refractivity contribution >= 4 is 46.5 Å². The van der Waals surface area contributed by atoms with Crippen molar-refractivity contribution < 1.29 is 23.4 Å². The molecule has 1 aliphatic heterocycles. The van der Waals surface area contributed by atoms with Gasteiger partial charge in [0, 0.05) is 27.9 Å². The summed E-state index contributed by atoms with van der Waals surface area (Å²) in [4.78, 5) is 12.6. The molecule has 0 radical (unpaired) electrons. The van der Waals surface area contributed by atoms with Crippen molar-refractivity contribution in [3.8, 4) is 17.2 Å². The largest absolute Gasteiger partial charge is 0.486 e. The number of anilines is 1. The van der Waals surface area contributed by atoms with Crippen molar-refractivity contribution in [2.24, 2.45) is 0 Å². The van der Waals surface area contributed by atoms with Crippen LogP contribution >= 0.6 is 34.8 Å². The van der Waals surface area contributed by atoms with E-state index in [-0.39, 0.29) is 36.5 Å². The molecule has 174 valence electrons. The Bertz CT molecular complexity index is 1350. The second-order valence-electron chi connectivity index (χ2n) is 7.25. The number of carbonyl (C=O) groups excluding carboxylic acids is 1. The Morgan fingerprint density at radius 3 is 2.65 bits per heavy atom. The lowest BCUT2D eigenvalue weighted by atomic mass is 10.2. The van der Waals surface area contributed by atoms with Gasteiger partial charge < -0.3 is 23.9 Å². The van der Waals surface area contributed by atoms with Gasteiger partial charge in [-0.1, -0.05) is 40.9 Å². The van der Waals surface area contributed by atoms with Gasteiger partial charge in [-0.05, 0) is 36.4 Å². The molecule has 0 spiro atoms. The second kappa shape index (κ2) is 9.50. The predicted molar refractivity (Wildman–Crippen MR) is 126 cm³/mol. The van der Waals surface area contributed by atoms with E-state index in [1.54, 1.807) is 54.7 Å². The number of carbonyl (C=O) groups is 1. The Morgan fingerprint density at radius 2 is 1.82 bits per heavy atom. The molecule has 4 aromatic rings. The van der Waals surface area contributed by atoms with Crippen molar-refractivity contribution in [3.63, 3.8) is 0 Å². The second-order valence-corrected chi connectivity index (χ2v) is 8.47. The van der Waals surface area contributed by atoms with Crippen LogP contribution in [0.2, 0.25) is 15.1 Å². The maximum atomic E-state index is 12.6. The number of rotatable bonds is 7. The van der Waals surface area contributed by atoms with Gasteiger partial charge in [0.1, 0.15) is 23.1 Å². The van der Waals surface area contributed by atoms with Crippen molar-refractivity contribution in [2.75, 3.05) is 12.1 Å². The lowest BCUT2D eigenvalue weighted by molar-refractivity contribution is 0.0992. The van der Waals surface area contributed by atoms with Crippen LogP contribution in [0.25, 0.3) is 0 Å². The van der Waals surface area contributed by atoms with Crippen LogP contribution in [0, 0.1) is 0 Å². The molecular weight excluding hydrogens is 505 g/mol. The summed E-state index contributed by atoms with van der Waals surface area (Å²) in [5, 5.41) is 8.23. The number of aromatic nitrogens is 2. The number of nitrogens with zero attached hydrogens (tertiary/aromatic N) is 2. The van der Waals surface area contributed by atoms with Crippen LogP contribution in [0.1, 0.15) is 21.9 Å². The summed E-state index contributed by atoms with van der Waals surface area (Å²) >= 11 is 18.7. The molecule has 2 aromatic carbocycles. The molecule has 11 heteroatoms. The first-order valence-corrected chi connectivity index (χ1v) is 11.2. The highest BCUT2D eigenvalue weighted by Crippen LogP contribution is 2.35. The fraction of sp³-hybridized carbons (Fsp3) is 0.130. The van der Waals surface area contributed by atoms with E-state index in [1.807, 2.05) is 0 Å². The molecule has 5 rings (SSSR count). The normalized spacial score (nSPS) is 12.1. The first kappa shape index (κ1) is 22.5. The minimum absolute atomic E-state index is 0.0871. The Labute approximate surface area is 208 Å². The lowest BCUT2D eigenvalue weighted by Gasteiger charge is -2.06.